The molecule has 0 unspecified atom stereocenters. The normalized spacial score (nSPS) is 10.8. The number of carbonyl (C=O) groups is 1. The van der Waals surface area contributed by atoms with E-state index >= 15 is 0 Å². The van der Waals surface area contributed by atoms with Gasteiger partial charge in [-0.25, -0.2) is 9.67 Å². The summed E-state index contributed by atoms with van der Waals surface area (Å²) >= 11 is 0. The van der Waals surface area contributed by atoms with Crippen LogP contribution in [0.2, 0.25) is 0 Å². The Kier molecular flexibility index (Phi) is 3.39. The van der Waals surface area contributed by atoms with Gasteiger partial charge in [0, 0.05) is 25.7 Å². The summed E-state index contributed by atoms with van der Waals surface area (Å²) in [5, 5.41) is 5.24. The van der Waals surface area contributed by atoms with E-state index < -0.39 is 0 Å². The first kappa shape index (κ1) is 13.3. The summed E-state index contributed by atoms with van der Waals surface area (Å²) in [4.78, 5) is 17.9. The summed E-state index contributed by atoms with van der Waals surface area (Å²) in [6.07, 6.45) is 3.35. The minimum Gasteiger partial charge on any atom is -0.345 e. The van der Waals surface area contributed by atoms with Crippen molar-refractivity contribution in [2.75, 3.05) is 14.1 Å². The van der Waals surface area contributed by atoms with Crippen molar-refractivity contribution in [2.24, 2.45) is 0 Å². The SMILES string of the molecule is CN(C)C(=O)c1cnc2c(cnn2Cc2ccccc2)c1. The van der Waals surface area contributed by atoms with E-state index in [0.29, 0.717) is 12.1 Å². The van der Waals surface area contributed by atoms with E-state index in [1.807, 2.05) is 28.9 Å². The second-order valence-electron chi connectivity index (χ2n) is 5.12. The fourth-order valence-electron chi connectivity index (χ4n) is 2.22. The lowest BCUT2D eigenvalue weighted by atomic mass is 10.2. The zero-order chi connectivity index (χ0) is 14.8. The van der Waals surface area contributed by atoms with Gasteiger partial charge in [0.15, 0.2) is 5.65 Å². The highest BCUT2D eigenvalue weighted by Crippen LogP contribution is 2.15. The van der Waals surface area contributed by atoms with E-state index in [1.165, 1.54) is 4.90 Å². The largest absolute Gasteiger partial charge is 0.345 e. The van der Waals surface area contributed by atoms with E-state index in [2.05, 4.69) is 22.2 Å². The molecule has 0 atom stereocenters. The quantitative estimate of drug-likeness (QED) is 0.739. The summed E-state index contributed by atoms with van der Waals surface area (Å²) in [6.45, 7) is 0.665. The van der Waals surface area contributed by atoms with Crippen LogP contribution in [0, 0.1) is 0 Å². The van der Waals surface area contributed by atoms with Crippen LogP contribution in [0.1, 0.15) is 15.9 Å². The van der Waals surface area contributed by atoms with Gasteiger partial charge in [0.2, 0.25) is 0 Å². The van der Waals surface area contributed by atoms with Crippen molar-refractivity contribution in [3.63, 3.8) is 0 Å². The van der Waals surface area contributed by atoms with Crippen LogP contribution in [-0.2, 0) is 6.54 Å². The van der Waals surface area contributed by atoms with Gasteiger partial charge in [-0.1, -0.05) is 30.3 Å². The molecule has 106 valence electrons. The van der Waals surface area contributed by atoms with Gasteiger partial charge >= 0.3 is 0 Å². The lowest BCUT2D eigenvalue weighted by molar-refractivity contribution is 0.0827. The predicted octanol–water partition coefficient (Wildman–Crippen LogP) is 2.18. The number of rotatable bonds is 3. The molecule has 2 heterocycles. The third kappa shape index (κ3) is 2.63. The molecular formula is C16H16N4O. The van der Waals surface area contributed by atoms with Gasteiger partial charge in [-0.05, 0) is 11.6 Å². The average Bonchev–Trinajstić information content (AvgIpc) is 2.90. The van der Waals surface area contributed by atoms with Crippen LogP contribution in [-0.4, -0.2) is 39.7 Å². The zero-order valence-electron chi connectivity index (χ0n) is 12.0. The molecule has 3 aromatic rings. The van der Waals surface area contributed by atoms with E-state index in [1.54, 1.807) is 26.5 Å². The Balaban J connectivity index is 1.95. The summed E-state index contributed by atoms with van der Waals surface area (Å²) in [6, 6.07) is 11.9. The van der Waals surface area contributed by atoms with Gasteiger partial charge < -0.3 is 4.90 Å². The number of carbonyl (C=O) groups excluding carboxylic acids is 1. The fourth-order valence-corrected chi connectivity index (χ4v) is 2.22. The van der Waals surface area contributed by atoms with Crippen molar-refractivity contribution < 1.29 is 4.79 Å². The molecule has 0 aliphatic carbocycles. The smallest absolute Gasteiger partial charge is 0.254 e. The first-order valence-electron chi connectivity index (χ1n) is 6.72. The van der Waals surface area contributed by atoms with Crippen LogP contribution in [0.25, 0.3) is 11.0 Å². The summed E-state index contributed by atoms with van der Waals surface area (Å²) < 4.78 is 1.84. The molecule has 0 bridgehead atoms. The molecule has 21 heavy (non-hydrogen) atoms. The monoisotopic (exact) mass is 280 g/mol. The fraction of sp³-hybridized carbons (Fsp3) is 0.188. The van der Waals surface area contributed by atoms with E-state index in [4.69, 9.17) is 0 Å². The molecule has 0 saturated heterocycles. The maximum absolute atomic E-state index is 11.9. The lowest BCUT2D eigenvalue weighted by Crippen LogP contribution is -2.21. The Morgan fingerprint density at radius 1 is 1.19 bits per heavy atom. The molecule has 5 nitrogen and oxygen atoms in total. The second kappa shape index (κ2) is 5.36. The highest BCUT2D eigenvalue weighted by Gasteiger charge is 2.11. The van der Waals surface area contributed by atoms with Gasteiger partial charge in [0.25, 0.3) is 5.91 Å². The van der Waals surface area contributed by atoms with Crippen molar-refractivity contribution in [2.45, 2.75) is 6.54 Å². The van der Waals surface area contributed by atoms with Crippen molar-refractivity contribution in [3.8, 4) is 0 Å². The topological polar surface area (TPSA) is 51.0 Å². The number of hydrogen-bond acceptors (Lipinski definition) is 3. The van der Waals surface area contributed by atoms with Crippen LogP contribution in [0.3, 0.4) is 0 Å². The van der Waals surface area contributed by atoms with Gasteiger partial charge in [0.1, 0.15) is 0 Å². The first-order chi connectivity index (χ1) is 10.1. The Bertz CT molecular complexity index is 777. The molecule has 0 fully saturated rings. The molecule has 0 spiro atoms. The summed E-state index contributed by atoms with van der Waals surface area (Å²) in [7, 11) is 3.46. The Labute approximate surface area is 122 Å². The number of benzene rings is 1. The maximum Gasteiger partial charge on any atom is 0.254 e. The third-order valence-electron chi connectivity index (χ3n) is 3.30. The highest BCUT2D eigenvalue weighted by atomic mass is 16.2. The third-order valence-corrected chi connectivity index (χ3v) is 3.30. The number of nitrogens with zero attached hydrogens (tertiary/aromatic N) is 4. The Morgan fingerprint density at radius 3 is 2.67 bits per heavy atom. The van der Waals surface area contributed by atoms with Gasteiger partial charge in [-0.15, -0.1) is 0 Å². The molecule has 0 aliphatic heterocycles. The van der Waals surface area contributed by atoms with Crippen LogP contribution in [0.15, 0.2) is 48.8 Å². The predicted molar refractivity (Wildman–Crippen MR) is 81.1 cm³/mol. The lowest BCUT2D eigenvalue weighted by Gasteiger charge is -2.09. The molecule has 5 heteroatoms. The van der Waals surface area contributed by atoms with Crippen LogP contribution >= 0.6 is 0 Å². The minimum atomic E-state index is -0.0554. The number of pyridine rings is 1. The number of aromatic nitrogens is 3. The van der Waals surface area contributed by atoms with Crippen LogP contribution < -0.4 is 0 Å². The molecule has 0 N–H and O–H groups in total. The maximum atomic E-state index is 11.9. The van der Waals surface area contributed by atoms with Gasteiger partial charge in [-0.2, -0.15) is 5.10 Å². The van der Waals surface area contributed by atoms with Crippen molar-refractivity contribution in [1.29, 1.82) is 0 Å². The molecule has 0 aliphatic rings. The standard InChI is InChI=1S/C16H16N4O/c1-19(2)16(21)14-8-13-10-18-20(15(13)17-9-14)11-12-6-4-3-5-7-12/h3-10H,11H2,1-2H3. The van der Waals surface area contributed by atoms with Crippen molar-refractivity contribution in [1.82, 2.24) is 19.7 Å². The minimum absolute atomic E-state index is 0.0554. The highest BCUT2D eigenvalue weighted by molar-refractivity contribution is 5.96. The van der Waals surface area contributed by atoms with E-state index in [9.17, 15) is 4.79 Å². The van der Waals surface area contributed by atoms with Crippen molar-refractivity contribution in [3.05, 3.63) is 59.9 Å². The summed E-state index contributed by atoms with van der Waals surface area (Å²) in [5.74, 6) is -0.0554. The molecular weight excluding hydrogens is 264 g/mol. The van der Waals surface area contributed by atoms with Gasteiger partial charge in [0.05, 0.1) is 18.3 Å². The number of amides is 1. The Hall–Kier alpha value is -2.69. The summed E-state index contributed by atoms with van der Waals surface area (Å²) in [5.41, 5.74) is 2.53. The molecule has 3 rings (SSSR count). The van der Waals surface area contributed by atoms with Crippen molar-refractivity contribution >= 4 is 16.9 Å². The number of fused-ring (bicyclic) bond motifs is 1. The van der Waals surface area contributed by atoms with Crippen LogP contribution in [0.5, 0.6) is 0 Å². The molecule has 0 radical (unpaired) electrons. The second-order valence-corrected chi connectivity index (χ2v) is 5.12. The van der Waals surface area contributed by atoms with Gasteiger partial charge in [-0.3, -0.25) is 4.79 Å². The van der Waals surface area contributed by atoms with E-state index in [0.717, 1.165) is 16.6 Å². The zero-order valence-corrected chi connectivity index (χ0v) is 12.0. The molecule has 0 saturated carbocycles. The molecule has 1 aromatic carbocycles. The number of hydrogen-bond donors (Lipinski definition) is 0. The Morgan fingerprint density at radius 2 is 1.95 bits per heavy atom. The molecule has 2 aromatic heterocycles. The van der Waals surface area contributed by atoms with E-state index in [-0.39, 0.29) is 5.91 Å². The average molecular weight is 280 g/mol. The first-order valence-corrected chi connectivity index (χ1v) is 6.72. The van der Waals surface area contributed by atoms with Crippen LogP contribution in [0.4, 0.5) is 0 Å². The molecule has 1 amide bonds.